The number of hydrogen-bond acceptors (Lipinski definition) is 4. The van der Waals surface area contributed by atoms with E-state index in [9.17, 15) is 4.79 Å². The van der Waals surface area contributed by atoms with Crippen LogP contribution in [0.2, 0.25) is 0 Å². The molecule has 0 radical (unpaired) electrons. The average Bonchev–Trinajstić information content (AvgIpc) is 2.42. The molecular weight excluding hydrogens is 254 g/mol. The van der Waals surface area contributed by atoms with E-state index >= 15 is 0 Å². The number of nitrogens with zero attached hydrogens (tertiary/aromatic N) is 1. The molecule has 0 fully saturated rings. The molecule has 0 unspecified atom stereocenters. The van der Waals surface area contributed by atoms with Crippen molar-refractivity contribution >= 4 is 11.6 Å². The lowest BCUT2D eigenvalue weighted by molar-refractivity contribution is -0.121. The van der Waals surface area contributed by atoms with Gasteiger partial charge in [0.05, 0.1) is 13.2 Å². The summed E-state index contributed by atoms with van der Waals surface area (Å²) in [6.07, 6.45) is 0.989. The van der Waals surface area contributed by atoms with Gasteiger partial charge in [-0.1, -0.05) is 6.92 Å². The largest absolute Gasteiger partial charge is 0.494 e. The predicted octanol–water partition coefficient (Wildman–Crippen LogP) is 1.63. The Morgan fingerprint density at radius 3 is 2.75 bits per heavy atom. The maximum atomic E-state index is 11.6. The Morgan fingerprint density at radius 1 is 1.40 bits per heavy atom. The SMILES string of the molecule is CCCN(CC(=O)NC)Cc1cc(N)ccc1OCC. The highest BCUT2D eigenvalue weighted by atomic mass is 16.5. The average molecular weight is 279 g/mol. The van der Waals surface area contributed by atoms with E-state index in [1.165, 1.54) is 0 Å². The minimum absolute atomic E-state index is 0.0142. The van der Waals surface area contributed by atoms with Crippen LogP contribution in [0.1, 0.15) is 25.8 Å². The Labute approximate surface area is 121 Å². The number of amides is 1. The van der Waals surface area contributed by atoms with Crippen molar-refractivity contribution in [3.63, 3.8) is 0 Å². The highest BCUT2D eigenvalue weighted by Crippen LogP contribution is 2.23. The van der Waals surface area contributed by atoms with Crippen LogP contribution < -0.4 is 15.8 Å². The second kappa shape index (κ2) is 8.43. The zero-order valence-corrected chi connectivity index (χ0v) is 12.6. The molecule has 0 spiro atoms. The van der Waals surface area contributed by atoms with Gasteiger partial charge in [-0.05, 0) is 38.1 Å². The Kier molecular flexibility index (Phi) is 6.87. The van der Waals surface area contributed by atoms with Crippen LogP contribution >= 0.6 is 0 Å². The number of carbonyl (C=O) groups is 1. The standard InChI is InChI=1S/C15H25N3O2/c1-4-8-18(11-15(19)17-3)10-12-9-13(16)6-7-14(12)20-5-2/h6-7,9H,4-5,8,10-11,16H2,1-3H3,(H,17,19). The summed E-state index contributed by atoms with van der Waals surface area (Å²) in [4.78, 5) is 13.6. The van der Waals surface area contributed by atoms with E-state index in [2.05, 4.69) is 17.1 Å². The van der Waals surface area contributed by atoms with Gasteiger partial charge in [-0.2, -0.15) is 0 Å². The van der Waals surface area contributed by atoms with E-state index < -0.39 is 0 Å². The van der Waals surface area contributed by atoms with Crippen LogP contribution in [-0.4, -0.2) is 37.6 Å². The van der Waals surface area contributed by atoms with E-state index in [1.54, 1.807) is 7.05 Å². The monoisotopic (exact) mass is 279 g/mol. The molecule has 1 aromatic rings. The van der Waals surface area contributed by atoms with E-state index in [0.717, 1.165) is 24.3 Å². The number of ether oxygens (including phenoxy) is 1. The van der Waals surface area contributed by atoms with Crippen LogP contribution in [0.3, 0.4) is 0 Å². The summed E-state index contributed by atoms with van der Waals surface area (Å²) in [6, 6.07) is 5.63. The van der Waals surface area contributed by atoms with Crippen molar-refractivity contribution in [3.05, 3.63) is 23.8 Å². The lowest BCUT2D eigenvalue weighted by atomic mass is 10.1. The van der Waals surface area contributed by atoms with E-state index in [-0.39, 0.29) is 5.91 Å². The van der Waals surface area contributed by atoms with Crippen LogP contribution in [0, 0.1) is 0 Å². The fourth-order valence-electron chi connectivity index (χ4n) is 2.07. The van der Waals surface area contributed by atoms with E-state index in [1.807, 2.05) is 25.1 Å². The van der Waals surface area contributed by atoms with Crippen molar-refractivity contribution in [2.75, 3.05) is 32.5 Å². The van der Waals surface area contributed by atoms with Gasteiger partial charge < -0.3 is 15.8 Å². The molecular formula is C15H25N3O2. The van der Waals surface area contributed by atoms with Gasteiger partial charge in [-0.3, -0.25) is 9.69 Å². The van der Waals surface area contributed by atoms with E-state index in [0.29, 0.717) is 25.4 Å². The summed E-state index contributed by atoms with van der Waals surface area (Å²) < 4.78 is 5.62. The Hall–Kier alpha value is -1.75. The lowest BCUT2D eigenvalue weighted by Crippen LogP contribution is -2.35. The van der Waals surface area contributed by atoms with Crippen LogP contribution in [-0.2, 0) is 11.3 Å². The van der Waals surface area contributed by atoms with Crippen LogP contribution in [0.4, 0.5) is 5.69 Å². The smallest absolute Gasteiger partial charge is 0.233 e. The summed E-state index contributed by atoms with van der Waals surface area (Å²) in [5.41, 5.74) is 7.57. The van der Waals surface area contributed by atoms with Crippen molar-refractivity contribution in [2.24, 2.45) is 0 Å². The third-order valence-corrected chi connectivity index (χ3v) is 2.96. The molecule has 5 nitrogen and oxygen atoms in total. The van der Waals surface area contributed by atoms with Crippen LogP contribution in [0.5, 0.6) is 5.75 Å². The van der Waals surface area contributed by atoms with Gasteiger partial charge in [-0.25, -0.2) is 0 Å². The first-order valence-corrected chi connectivity index (χ1v) is 7.04. The summed E-state index contributed by atoms with van der Waals surface area (Å²) >= 11 is 0. The molecule has 112 valence electrons. The number of nitrogen functional groups attached to an aromatic ring is 1. The zero-order chi connectivity index (χ0) is 15.0. The molecule has 0 aromatic heterocycles. The first-order valence-electron chi connectivity index (χ1n) is 7.04. The number of rotatable bonds is 8. The van der Waals surface area contributed by atoms with Gasteiger partial charge in [0.25, 0.3) is 0 Å². The van der Waals surface area contributed by atoms with Crippen molar-refractivity contribution in [2.45, 2.75) is 26.8 Å². The number of hydrogen-bond donors (Lipinski definition) is 2. The minimum atomic E-state index is 0.0142. The quantitative estimate of drug-likeness (QED) is 0.710. The molecule has 5 heteroatoms. The molecule has 0 saturated carbocycles. The first kappa shape index (κ1) is 16.3. The van der Waals surface area contributed by atoms with Gasteiger partial charge in [0.2, 0.25) is 5.91 Å². The number of carbonyl (C=O) groups excluding carboxylic acids is 1. The number of nitrogens with two attached hydrogens (primary N) is 1. The third-order valence-electron chi connectivity index (χ3n) is 2.96. The topological polar surface area (TPSA) is 67.6 Å². The minimum Gasteiger partial charge on any atom is -0.494 e. The third kappa shape index (κ3) is 5.09. The number of benzene rings is 1. The van der Waals surface area contributed by atoms with Crippen LogP contribution in [0.25, 0.3) is 0 Å². The fourth-order valence-corrected chi connectivity index (χ4v) is 2.07. The molecule has 0 atom stereocenters. The van der Waals surface area contributed by atoms with Gasteiger partial charge in [-0.15, -0.1) is 0 Å². The summed E-state index contributed by atoms with van der Waals surface area (Å²) in [5, 5.41) is 2.65. The maximum absolute atomic E-state index is 11.6. The molecule has 0 aliphatic rings. The number of nitrogens with one attached hydrogen (secondary N) is 1. The summed E-state index contributed by atoms with van der Waals surface area (Å²) in [7, 11) is 1.65. The normalized spacial score (nSPS) is 10.6. The molecule has 1 aromatic carbocycles. The van der Waals surface area contributed by atoms with Crippen molar-refractivity contribution in [3.8, 4) is 5.75 Å². The first-order chi connectivity index (χ1) is 9.60. The zero-order valence-electron chi connectivity index (χ0n) is 12.6. The van der Waals surface area contributed by atoms with Crippen molar-refractivity contribution in [1.29, 1.82) is 0 Å². The number of likely N-dealkylation sites (N-methyl/N-ethyl adjacent to an activating group) is 1. The molecule has 0 saturated heterocycles. The second-order valence-corrected chi connectivity index (χ2v) is 4.68. The maximum Gasteiger partial charge on any atom is 0.233 e. The van der Waals surface area contributed by atoms with E-state index in [4.69, 9.17) is 10.5 Å². The molecule has 1 rings (SSSR count). The molecule has 3 N–H and O–H groups in total. The van der Waals surface area contributed by atoms with Gasteiger partial charge in [0, 0.05) is 24.8 Å². The molecule has 0 heterocycles. The summed E-state index contributed by atoms with van der Waals surface area (Å²) in [5.74, 6) is 0.847. The van der Waals surface area contributed by atoms with Gasteiger partial charge in [0.15, 0.2) is 0 Å². The Morgan fingerprint density at radius 2 is 2.15 bits per heavy atom. The lowest BCUT2D eigenvalue weighted by Gasteiger charge is -2.22. The van der Waals surface area contributed by atoms with Crippen LogP contribution in [0.15, 0.2) is 18.2 Å². The van der Waals surface area contributed by atoms with Crippen molar-refractivity contribution in [1.82, 2.24) is 10.2 Å². The Bertz CT molecular complexity index is 435. The Balaban J connectivity index is 2.85. The molecule has 0 bridgehead atoms. The molecule has 20 heavy (non-hydrogen) atoms. The second-order valence-electron chi connectivity index (χ2n) is 4.68. The predicted molar refractivity (Wildman–Crippen MR) is 81.7 cm³/mol. The van der Waals surface area contributed by atoms with Gasteiger partial charge >= 0.3 is 0 Å². The van der Waals surface area contributed by atoms with Gasteiger partial charge in [0.1, 0.15) is 5.75 Å². The summed E-state index contributed by atoms with van der Waals surface area (Å²) in [6.45, 7) is 6.55. The molecule has 0 aliphatic carbocycles. The highest BCUT2D eigenvalue weighted by molar-refractivity contribution is 5.77. The fraction of sp³-hybridized carbons (Fsp3) is 0.533. The highest BCUT2D eigenvalue weighted by Gasteiger charge is 2.13. The number of anilines is 1. The van der Waals surface area contributed by atoms with Crippen molar-refractivity contribution < 1.29 is 9.53 Å². The molecule has 1 amide bonds. The molecule has 0 aliphatic heterocycles.